The minimum atomic E-state index is -0.891. The summed E-state index contributed by atoms with van der Waals surface area (Å²) in [4.78, 5) is 20.1. The molecule has 0 fully saturated rings. The molecule has 8 heteroatoms. The number of hydrogen-bond acceptors (Lipinski definition) is 5. The maximum absolute atomic E-state index is 13.6. The highest BCUT2D eigenvalue weighted by Gasteiger charge is 2.12. The molecule has 0 saturated carbocycles. The molecular formula is C18H11F2N5O. The SMILES string of the molecule is N#Cc1ccccc1Nc1cnc(C(=O)Nc2ccc(F)cc2F)cn1. The lowest BCUT2D eigenvalue weighted by Crippen LogP contribution is -2.15. The molecule has 2 N–H and O–H groups in total. The Morgan fingerprint density at radius 2 is 1.85 bits per heavy atom. The molecule has 0 aliphatic rings. The third-order valence-electron chi connectivity index (χ3n) is 3.37. The molecule has 2 aromatic carbocycles. The van der Waals surface area contributed by atoms with Crippen molar-refractivity contribution in [2.24, 2.45) is 0 Å². The van der Waals surface area contributed by atoms with Gasteiger partial charge in [0.1, 0.15) is 29.2 Å². The maximum Gasteiger partial charge on any atom is 0.275 e. The van der Waals surface area contributed by atoms with Gasteiger partial charge in [-0.05, 0) is 24.3 Å². The third kappa shape index (κ3) is 3.79. The number of hydrogen-bond donors (Lipinski definition) is 2. The summed E-state index contributed by atoms with van der Waals surface area (Å²) in [7, 11) is 0. The van der Waals surface area contributed by atoms with Crippen LogP contribution in [0.4, 0.5) is 26.0 Å². The Morgan fingerprint density at radius 3 is 2.54 bits per heavy atom. The molecule has 3 rings (SSSR count). The highest BCUT2D eigenvalue weighted by Crippen LogP contribution is 2.19. The molecule has 6 nitrogen and oxygen atoms in total. The van der Waals surface area contributed by atoms with Crippen molar-refractivity contribution in [2.45, 2.75) is 0 Å². The van der Waals surface area contributed by atoms with Crippen molar-refractivity contribution in [1.29, 1.82) is 5.26 Å². The van der Waals surface area contributed by atoms with E-state index in [2.05, 4.69) is 20.6 Å². The van der Waals surface area contributed by atoms with E-state index in [4.69, 9.17) is 5.26 Å². The van der Waals surface area contributed by atoms with Crippen molar-refractivity contribution in [3.8, 4) is 6.07 Å². The Balaban J connectivity index is 1.73. The predicted octanol–water partition coefficient (Wildman–Crippen LogP) is 3.62. The van der Waals surface area contributed by atoms with Crippen molar-refractivity contribution >= 4 is 23.1 Å². The molecule has 1 heterocycles. The maximum atomic E-state index is 13.6. The van der Waals surface area contributed by atoms with Crippen molar-refractivity contribution in [3.63, 3.8) is 0 Å². The number of anilines is 3. The average molecular weight is 351 g/mol. The second kappa shape index (κ2) is 7.36. The highest BCUT2D eigenvalue weighted by atomic mass is 19.1. The van der Waals surface area contributed by atoms with Gasteiger partial charge in [-0.1, -0.05) is 12.1 Å². The summed E-state index contributed by atoms with van der Waals surface area (Å²) < 4.78 is 26.5. The fraction of sp³-hybridized carbons (Fsp3) is 0. The lowest BCUT2D eigenvalue weighted by Gasteiger charge is -2.08. The number of rotatable bonds is 4. The molecule has 1 amide bonds. The fourth-order valence-corrected chi connectivity index (χ4v) is 2.11. The van der Waals surface area contributed by atoms with E-state index in [0.717, 1.165) is 12.1 Å². The molecule has 128 valence electrons. The van der Waals surface area contributed by atoms with Gasteiger partial charge in [-0.25, -0.2) is 18.7 Å². The minimum Gasteiger partial charge on any atom is -0.338 e. The second-order valence-electron chi connectivity index (χ2n) is 5.15. The first-order valence-electron chi connectivity index (χ1n) is 7.41. The van der Waals surface area contributed by atoms with Gasteiger partial charge in [-0.15, -0.1) is 0 Å². The molecule has 0 aliphatic heterocycles. The third-order valence-corrected chi connectivity index (χ3v) is 3.37. The topological polar surface area (TPSA) is 90.7 Å². The molecule has 0 atom stereocenters. The smallest absolute Gasteiger partial charge is 0.275 e. The summed E-state index contributed by atoms with van der Waals surface area (Å²) in [5, 5.41) is 14.3. The van der Waals surface area contributed by atoms with E-state index in [-0.39, 0.29) is 11.4 Å². The van der Waals surface area contributed by atoms with E-state index < -0.39 is 17.5 Å². The summed E-state index contributed by atoms with van der Waals surface area (Å²) in [6.45, 7) is 0. The van der Waals surface area contributed by atoms with E-state index in [9.17, 15) is 13.6 Å². The summed E-state index contributed by atoms with van der Waals surface area (Å²) >= 11 is 0. The zero-order valence-electron chi connectivity index (χ0n) is 13.2. The van der Waals surface area contributed by atoms with Crippen LogP contribution in [0.25, 0.3) is 0 Å². The zero-order valence-corrected chi connectivity index (χ0v) is 13.2. The van der Waals surface area contributed by atoms with Crippen molar-refractivity contribution < 1.29 is 13.6 Å². The quantitative estimate of drug-likeness (QED) is 0.749. The molecule has 26 heavy (non-hydrogen) atoms. The number of benzene rings is 2. The zero-order chi connectivity index (χ0) is 18.5. The predicted molar refractivity (Wildman–Crippen MR) is 90.8 cm³/mol. The average Bonchev–Trinajstić information content (AvgIpc) is 2.65. The molecule has 3 aromatic rings. The molecule has 1 aromatic heterocycles. The number of nitriles is 1. The molecule has 0 aliphatic carbocycles. The number of nitrogens with one attached hydrogen (secondary N) is 2. The Morgan fingerprint density at radius 1 is 1.04 bits per heavy atom. The van der Waals surface area contributed by atoms with E-state index in [0.29, 0.717) is 23.1 Å². The lowest BCUT2D eigenvalue weighted by atomic mass is 10.2. The van der Waals surface area contributed by atoms with Gasteiger partial charge >= 0.3 is 0 Å². The van der Waals surface area contributed by atoms with Crippen molar-refractivity contribution in [1.82, 2.24) is 9.97 Å². The Bertz CT molecular complexity index is 999. The molecule has 0 spiro atoms. The summed E-state index contributed by atoms with van der Waals surface area (Å²) in [5.74, 6) is -1.99. The van der Waals surface area contributed by atoms with Gasteiger partial charge in [0.2, 0.25) is 0 Å². The summed E-state index contributed by atoms with van der Waals surface area (Å²) in [6.07, 6.45) is 2.51. The Labute approximate surface area is 147 Å². The molecular weight excluding hydrogens is 340 g/mol. The second-order valence-corrected chi connectivity index (χ2v) is 5.15. The molecule has 0 unspecified atom stereocenters. The summed E-state index contributed by atoms with van der Waals surface area (Å²) in [5.41, 5.74) is 0.772. The number of halogens is 2. The van der Waals surface area contributed by atoms with Crippen LogP contribution in [0.1, 0.15) is 16.1 Å². The van der Waals surface area contributed by atoms with Crippen molar-refractivity contribution in [3.05, 3.63) is 77.8 Å². The van der Waals surface area contributed by atoms with E-state index >= 15 is 0 Å². The first-order chi connectivity index (χ1) is 12.6. The van der Waals surface area contributed by atoms with Crippen LogP contribution in [0.5, 0.6) is 0 Å². The van der Waals surface area contributed by atoms with Gasteiger partial charge in [-0.2, -0.15) is 5.26 Å². The number of carbonyl (C=O) groups excluding carboxylic acids is 1. The van der Waals surface area contributed by atoms with Crippen LogP contribution >= 0.6 is 0 Å². The number of aromatic nitrogens is 2. The van der Waals surface area contributed by atoms with E-state index in [1.54, 1.807) is 24.3 Å². The minimum absolute atomic E-state index is 0.0483. The van der Waals surface area contributed by atoms with Gasteiger partial charge in [0.25, 0.3) is 5.91 Å². The number of nitrogens with zero attached hydrogens (tertiary/aromatic N) is 3. The van der Waals surface area contributed by atoms with Crippen LogP contribution in [0.15, 0.2) is 54.9 Å². The van der Waals surface area contributed by atoms with Gasteiger partial charge in [0, 0.05) is 6.07 Å². The summed E-state index contributed by atoms with van der Waals surface area (Å²) in [6, 6.07) is 11.7. The lowest BCUT2D eigenvalue weighted by molar-refractivity contribution is 0.102. The van der Waals surface area contributed by atoms with Crippen LogP contribution < -0.4 is 10.6 Å². The van der Waals surface area contributed by atoms with E-state index in [1.807, 2.05) is 6.07 Å². The number of carbonyl (C=O) groups is 1. The fourth-order valence-electron chi connectivity index (χ4n) is 2.11. The first kappa shape index (κ1) is 17.0. The van der Waals surface area contributed by atoms with Crippen LogP contribution in [0.3, 0.4) is 0 Å². The Kier molecular flexibility index (Phi) is 4.80. The van der Waals surface area contributed by atoms with Gasteiger partial charge < -0.3 is 10.6 Å². The van der Waals surface area contributed by atoms with Gasteiger partial charge in [0.15, 0.2) is 0 Å². The molecule has 0 saturated heterocycles. The monoisotopic (exact) mass is 351 g/mol. The van der Waals surface area contributed by atoms with Crippen LogP contribution in [-0.2, 0) is 0 Å². The molecule has 0 radical (unpaired) electrons. The first-order valence-corrected chi connectivity index (χ1v) is 7.41. The number of para-hydroxylation sites is 1. The normalized spacial score (nSPS) is 10.0. The van der Waals surface area contributed by atoms with Crippen molar-refractivity contribution in [2.75, 3.05) is 10.6 Å². The van der Waals surface area contributed by atoms with Gasteiger partial charge in [0.05, 0.1) is 29.3 Å². The van der Waals surface area contributed by atoms with Crippen LogP contribution in [0, 0.1) is 23.0 Å². The van der Waals surface area contributed by atoms with Crippen LogP contribution in [-0.4, -0.2) is 15.9 Å². The highest BCUT2D eigenvalue weighted by molar-refractivity contribution is 6.02. The van der Waals surface area contributed by atoms with Crippen LogP contribution in [0.2, 0.25) is 0 Å². The largest absolute Gasteiger partial charge is 0.338 e. The molecule has 0 bridgehead atoms. The van der Waals surface area contributed by atoms with E-state index in [1.165, 1.54) is 12.4 Å². The standard InChI is InChI=1S/C18H11F2N5O/c19-12-5-6-15(13(20)7-12)25-18(26)16-9-23-17(10-22-16)24-14-4-2-1-3-11(14)8-21/h1-7,9-10H,(H,23,24)(H,25,26). The van der Waals surface area contributed by atoms with Gasteiger partial charge in [-0.3, -0.25) is 4.79 Å². The Hall–Kier alpha value is -3.86. The number of amides is 1.